The Balaban J connectivity index is 3.05. The second kappa shape index (κ2) is 4.55. The molecule has 1 aromatic carbocycles. The highest BCUT2D eigenvalue weighted by atomic mass is 127. The Morgan fingerprint density at radius 1 is 1.15 bits per heavy atom. The maximum atomic E-state index is 5.17. The second-order valence-corrected chi connectivity index (χ2v) is 3.96. The van der Waals surface area contributed by atoms with E-state index in [9.17, 15) is 0 Å². The van der Waals surface area contributed by atoms with Crippen molar-refractivity contribution in [2.75, 3.05) is 24.4 Å². The second-order valence-electron chi connectivity index (χ2n) is 2.52. The Kier molecular flexibility index (Phi) is 3.65. The minimum atomic E-state index is 0.753. The molecule has 0 saturated carbocycles. The SMILES string of the molecule is COc1ccc(N(C)I)cc1OC. The molecule has 3 nitrogen and oxygen atoms in total. The van der Waals surface area contributed by atoms with Gasteiger partial charge in [0.15, 0.2) is 11.5 Å². The van der Waals surface area contributed by atoms with E-state index < -0.39 is 0 Å². The van der Waals surface area contributed by atoms with E-state index in [0.717, 1.165) is 17.2 Å². The van der Waals surface area contributed by atoms with Crippen molar-refractivity contribution in [2.45, 2.75) is 0 Å². The average molecular weight is 293 g/mol. The van der Waals surface area contributed by atoms with Crippen molar-refractivity contribution in [3.63, 3.8) is 0 Å². The maximum absolute atomic E-state index is 5.17. The molecule has 1 aromatic rings. The number of nitrogens with zero attached hydrogens (tertiary/aromatic N) is 1. The van der Waals surface area contributed by atoms with Gasteiger partial charge in [-0.1, -0.05) is 0 Å². The van der Waals surface area contributed by atoms with Crippen LogP contribution >= 0.6 is 22.9 Å². The van der Waals surface area contributed by atoms with Crippen LogP contribution in [0.25, 0.3) is 0 Å². The third-order valence-corrected chi connectivity index (χ3v) is 2.28. The van der Waals surface area contributed by atoms with Gasteiger partial charge in [0.1, 0.15) is 0 Å². The molecule has 0 heterocycles. The van der Waals surface area contributed by atoms with Gasteiger partial charge in [0.25, 0.3) is 0 Å². The number of hydrogen-bond acceptors (Lipinski definition) is 3. The van der Waals surface area contributed by atoms with Crippen LogP contribution in [0.4, 0.5) is 5.69 Å². The van der Waals surface area contributed by atoms with E-state index in [0.29, 0.717) is 0 Å². The van der Waals surface area contributed by atoms with E-state index in [2.05, 4.69) is 22.9 Å². The topological polar surface area (TPSA) is 21.7 Å². The lowest BCUT2D eigenvalue weighted by molar-refractivity contribution is 0.355. The normalized spacial score (nSPS) is 9.54. The van der Waals surface area contributed by atoms with E-state index in [-0.39, 0.29) is 0 Å². The molecule has 4 heteroatoms. The molecule has 13 heavy (non-hydrogen) atoms. The zero-order valence-corrected chi connectivity index (χ0v) is 10.0. The van der Waals surface area contributed by atoms with Crippen molar-refractivity contribution in [2.24, 2.45) is 0 Å². The van der Waals surface area contributed by atoms with Crippen molar-refractivity contribution in [3.05, 3.63) is 18.2 Å². The van der Waals surface area contributed by atoms with E-state index >= 15 is 0 Å². The van der Waals surface area contributed by atoms with Crippen molar-refractivity contribution >= 4 is 28.6 Å². The van der Waals surface area contributed by atoms with Crippen LogP contribution in [-0.4, -0.2) is 21.3 Å². The molecular formula is C9H12INO2. The number of rotatable bonds is 3. The summed E-state index contributed by atoms with van der Waals surface area (Å²) in [6.07, 6.45) is 0. The summed E-state index contributed by atoms with van der Waals surface area (Å²) >= 11 is 2.20. The summed E-state index contributed by atoms with van der Waals surface area (Å²) in [7, 11) is 5.24. The van der Waals surface area contributed by atoms with Crippen LogP contribution < -0.4 is 12.6 Å². The summed E-state index contributed by atoms with van der Waals surface area (Å²) in [5, 5.41) is 0. The Bertz CT molecular complexity index is 289. The lowest BCUT2D eigenvalue weighted by Crippen LogP contribution is -2.00. The zero-order valence-electron chi connectivity index (χ0n) is 7.87. The molecule has 0 radical (unpaired) electrons. The van der Waals surface area contributed by atoms with E-state index in [4.69, 9.17) is 9.47 Å². The van der Waals surface area contributed by atoms with E-state index in [1.165, 1.54) is 0 Å². The summed E-state index contributed by atoms with van der Waals surface area (Å²) in [6.45, 7) is 0. The Morgan fingerprint density at radius 2 is 1.77 bits per heavy atom. The molecule has 0 saturated heterocycles. The fourth-order valence-electron chi connectivity index (χ4n) is 1.02. The van der Waals surface area contributed by atoms with Gasteiger partial charge >= 0.3 is 0 Å². The summed E-state index contributed by atoms with van der Waals surface area (Å²) in [5.74, 6) is 1.51. The fraction of sp³-hybridized carbons (Fsp3) is 0.333. The van der Waals surface area contributed by atoms with Crippen molar-refractivity contribution in [1.82, 2.24) is 0 Å². The van der Waals surface area contributed by atoms with Crippen LogP contribution in [0.5, 0.6) is 11.5 Å². The number of anilines is 1. The number of hydrogen-bond donors (Lipinski definition) is 0. The van der Waals surface area contributed by atoms with Gasteiger partial charge in [-0.3, -0.25) is 0 Å². The van der Waals surface area contributed by atoms with Gasteiger partial charge in [-0.2, -0.15) is 0 Å². The zero-order chi connectivity index (χ0) is 9.84. The molecule has 0 aliphatic rings. The summed E-state index contributed by atoms with van der Waals surface area (Å²) < 4.78 is 12.3. The Hall–Kier alpha value is -0.650. The molecule has 0 spiro atoms. The lowest BCUT2D eigenvalue weighted by Gasteiger charge is -2.13. The van der Waals surface area contributed by atoms with Crippen LogP contribution in [0.3, 0.4) is 0 Å². The van der Waals surface area contributed by atoms with Gasteiger partial charge in [-0.15, -0.1) is 0 Å². The van der Waals surface area contributed by atoms with Crippen LogP contribution in [0.1, 0.15) is 0 Å². The molecule has 0 aliphatic carbocycles. The molecule has 0 fully saturated rings. The van der Waals surface area contributed by atoms with E-state index in [1.807, 2.05) is 28.4 Å². The first-order valence-corrected chi connectivity index (χ1v) is 4.77. The maximum Gasteiger partial charge on any atom is 0.162 e. The Labute approximate surface area is 92.1 Å². The predicted octanol–water partition coefficient (Wildman–Crippen LogP) is 2.49. The number of methoxy groups -OCH3 is 2. The molecule has 0 atom stereocenters. The summed E-state index contributed by atoms with van der Waals surface area (Å²) in [5.41, 5.74) is 1.08. The highest BCUT2D eigenvalue weighted by Crippen LogP contribution is 2.31. The van der Waals surface area contributed by atoms with Gasteiger partial charge in [0, 0.05) is 18.8 Å². The summed E-state index contributed by atoms with van der Waals surface area (Å²) in [4.78, 5) is 0. The average Bonchev–Trinajstić information content (AvgIpc) is 2.16. The van der Waals surface area contributed by atoms with Gasteiger partial charge in [0.05, 0.1) is 37.1 Å². The summed E-state index contributed by atoms with van der Waals surface area (Å²) in [6, 6.07) is 5.81. The van der Waals surface area contributed by atoms with Gasteiger partial charge < -0.3 is 12.6 Å². The molecule has 0 N–H and O–H groups in total. The van der Waals surface area contributed by atoms with Crippen molar-refractivity contribution in [1.29, 1.82) is 0 Å². The molecule has 1 rings (SSSR count). The third-order valence-electron chi connectivity index (χ3n) is 1.72. The van der Waals surface area contributed by atoms with Crippen molar-refractivity contribution < 1.29 is 9.47 Å². The first kappa shape index (κ1) is 10.4. The van der Waals surface area contributed by atoms with Crippen LogP contribution in [0.2, 0.25) is 0 Å². The smallest absolute Gasteiger partial charge is 0.162 e. The molecule has 72 valence electrons. The minimum Gasteiger partial charge on any atom is -0.493 e. The largest absolute Gasteiger partial charge is 0.493 e. The number of ether oxygens (including phenoxy) is 2. The van der Waals surface area contributed by atoms with Crippen LogP contribution in [0, 0.1) is 0 Å². The molecule has 0 unspecified atom stereocenters. The number of benzene rings is 1. The van der Waals surface area contributed by atoms with Gasteiger partial charge in [-0.05, 0) is 12.1 Å². The fourth-order valence-corrected chi connectivity index (χ4v) is 1.32. The molecule has 0 aliphatic heterocycles. The monoisotopic (exact) mass is 293 g/mol. The first-order valence-electron chi connectivity index (χ1n) is 3.80. The Morgan fingerprint density at radius 3 is 2.23 bits per heavy atom. The predicted molar refractivity (Wildman–Crippen MR) is 62.0 cm³/mol. The number of halogens is 1. The molecule has 0 amide bonds. The van der Waals surface area contributed by atoms with E-state index in [1.54, 1.807) is 14.2 Å². The highest BCUT2D eigenvalue weighted by Gasteiger charge is 2.05. The minimum absolute atomic E-state index is 0.753. The third kappa shape index (κ3) is 2.40. The quantitative estimate of drug-likeness (QED) is 0.631. The molecular weight excluding hydrogens is 281 g/mol. The standard InChI is InChI=1S/C9H12INO2/c1-11(10)7-4-5-8(12-2)9(6-7)13-3/h4-6H,1-3H3. The van der Waals surface area contributed by atoms with Crippen LogP contribution in [-0.2, 0) is 0 Å². The molecule has 0 bridgehead atoms. The van der Waals surface area contributed by atoms with Crippen molar-refractivity contribution in [3.8, 4) is 11.5 Å². The highest BCUT2D eigenvalue weighted by molar-refractivity contribution is 14.1. The van der Waals surface area contributed by atoms with Gasteiger partial charge in [0.2, 0.25) is 0 Å². The van der Waals surface area contributed by atoms with Crippen LogP contribution in [0.15, 0.2) is 18.2 Å². The first-order chi connectivity index (χ1) is 6.19. The lowest BCUT2D eigenvalue weighted by atomic mass is 10.3. The molecule has 0 aromatic heterocycles. The van der Waals surface area contributed by atoms with Gasteiger partial charge in [-0.25, -0.2) is 0 Å².